The summed E-state index contributed by atoms with van der Waals surface area (Å²) < 4.78 is 0. The number of aryl methyl sites for hydroxylation is 3. The van der Waals surface area contributed by atoms with Gasteiger partial charge in [-0.2, -0.15) is 0 Å². The molecule has 0 aliphatic rings. The molecule has 3 aromatic rings. The van der Waals surface area contributed by atoms with Crippen LogP contribution >= 0.6 is 0 Å². The van der Waals surface area contributed by atoms with Crippen LogP contribution in [0.25, 0.3) is 0 Å². The average molecular weight is 750 g/mol. The molecule has 0 unspecified atom stereocenters. The number of rotatable bonds is 0. The van der Waals surface area contributed by atoms with Crippen LogP contribution in [0.5, 0.6) is 17.2 Å². The molecule has 3 nitrogen and oxygen atoms in total. The second-order valence-electron chi connectivity index (χ2n) is 20.1. The topological polar surface area (TPSA) is 60.7 Å². The van der Waals surface area contributed by atoms with Gasteiger partial charge in [0.2, 0.25) is 0 Å². The molecule has 0 fully saturated rings. The Labute approximate surface area is 327 Å². The zero-order valence-electron chi connectivity index (χ0n) is 35.4. The summed E-state index contributed by atoms with van der Waals surface area (Å²) in [5, 5.41) is 31.2. The maximum Gasteiger partial charge on any atom is 0.123 e. The third kappa shape index (κ3) is 13.3. The van der Waals surface area contributed by atoms with E-state index in [1.165, 1.54) is 16.7 Å². The van der Waals surface area contributed by atoms with Crippen LogP contribution in [0.4, 0.5) is 0 Å². The van der Waals surface area contributed by atoms with Crippen molar-refractivity contribution in [3.63, 3.8) is 0 Å². The molecule has 0 amide bonds. The molecule has 0 heterocycles. The first-order valence-electron chi connectivity index (χ1n) is 17.6. The number of hydrogen-bond acceptors (Lipinski definition) is 3. The number of hydrogen-bond donors (Lipinski definition) is 3. The van der Waals surface area contributed by atoms with Crippen LogP contribution in [0.3, 0.4) is 0 Å². The van der Waals surface area contributed by atoms with E-state index in [2.05, 4.69) is 182 Å². The van der Waals surface area contributed by atoms with Gasteiger partial charge in [0.1, 0.15) is 17.2 Å². The van der Waals surface area contributed by atoms with Crippen LogP contribution < -0.4 is 0 Å². The van der Waals surface area contributed by atoms with Gasteiger partial charge in [0.15, 0.2) is 0 Å². The third-order valence-corrected chi connectivity index (χ3v) is 8.61. The molecule has 0 aliphatic carbocycles. The molecule has 0 saturated carbocycles. The minimum atomic E-state index is -0.0178. The Bertz CT molecular complexity index is 1260. The number of phenolic OH excluding ortho intramolecular Hbond substituents is 3. The fourth-order valence-electron chi connectivity index (χ4n) is 5.77. The molecule has 3 N–H and O–H groups in total. The van der Waals surface area contributed by atoms with Crippen LogP contribution in [0.2, 0.25) is 0 Å². The van der Waals surface area contributed by atoms with Gasteiger partial charge in [0.05, 0.1) is 0 Å². The van der Waals surface area contributed by atoms with Gasteiger partial charge in [-0.25, -0.2) is 0 Å². The summed E-state index contributed by atoms with van der Waals surface area (Å²) in [6, 6.07) is 12.5. The van der Waals surface area contributed by atoms with Crippen molar-refractivity contribution in [3.8, 4) is 17.2 Å². The maximum absolute atomic E-state index is 10.4. The van der Waals surface area contributed by atoms with Crippen molar-refractivity contribution < 1.29 is 48.0 Å². The summed E-state index contributed by atoms with van der Waals surface area (Å²) in [4.78, 5) is 0. The van der Waals surface area contributed by atoms with E-state index in [9.17, 15) is 15.3 Å². The van der Waals surface area contributed by atoms with E-state index in [0.717, 1.165) is 33.4 Å². The molecule has 0 saturated heterocycles. The maximum atomic E-state index is 10.4. The summed E-state index contributed by atoms with van der Waals surface area (Å²) in [5.74, 6) is 1.39. The molecular weight excluding hydrogens is 677 g/mol. The zero-order valence-corrected chi connectivity index (χ0v) is 38.2. The van der Waals surface area contributed by atoms with Gasteiger partial charge in [-0.05, 0) is 86.6 Å². The van der Waals surface area contributed by atoms with Crippen LogP contribution in [-0.4, -0.2) is 15.3 Å². The van der Waals surface area contributed by atoms with Crippen molar-refractivity contribution in [1.82, 2.24) is 0 Å². The average Bonchev–Trinajstić information content (AvgIpc) is 2.84. The van der Waals surface area contributed by atoms with Gasteiger partial charge >= 0.3 is 0 Å². The summed E-state index contributed by atoms with van der Waals surface area (Å²) in [7, 11) is 0. The van der Waals surface area contributed by atoms with Gasteiger partial charge in [-0.1, -0.05) is 178 Å². The van der Waals surface area contributed by atoms with Crippen molar-refractivity contribution in [2.45, 2.75) is 178 Å². The summed E-state index contributed by atoms with van der Waals surface area (Å²) in [6.45, 7) is 44.7. The molecule has 0 spiro atoms. The minimum absolute atomic E-state index is 0. The fourth-order valence-corrected chi connectivity index (χ4v) is 5.77. The van der Waals surface area contributed by atoms with E-state index in [-0.39, 0.29) is 65.2 Å². The van der Waals surface area contributed by atoms with Crippen molar-refractivity contribution >= 4 is 0 Å². The second-order valence-corrected chi connectivity index (χ2v) is 20.1. The molecule has 273 valence electrons. The molecule has 1 radical (unpaired) electrons. The van der Waals surface area contributed by atoms with Crippen LogP contribution in [0.15, 0.2) is 36.4 Å². The molecule has 0 bridgehead atoms. The van der Waals surface area contributed by atoms with Crippen molar-refractivity contribution in [1.29, 1.82) is 0 Å². The standard InChI is InChI=1S/3C15H24O.Y/c3*1-10-8-11(14(2,3)4)13(16)12(9-10)15(5,6)7;/h3*8-9,16H,1-7H3;. The smallest absolute Gasteiger partial charge is 0.123 e. The van der Waals surface area contributed by atoms with Gasteiger partial charge in [-0.15, -0.1) is 0 Å². The first-order valence-corrected chi connectivity index (χ1v) is 17.6. The van der Waals surface area contributed by atoms with Crippen LogP contribution in [0, 0.1) is 20.8 Å². The number of phenols is 3. The van der Waals surface area contributed by atoms with Gasteiger partial charge in [0.25, 0.3) is 0 Å². The molecule has 49 heavy (non-hydrogen) atoms. The molecule has 3 aromatic carbocycles. The Balaban J connectivity index is 0.000000698. The molecule has 3 rings (SSSR count). The summed E-state index contributed by atoms with van der Waals surface area (Å²) in [6.07, 6.45) is 0. The van der Waals surface area contributed by atoms with E-state index < -0.39 is 0 Å². The second kappa shape index (κ2) is 16.2. The predicted molar refractivity (Wildman–Crippen MR) is 211 cm³/mol. The Morgan fingerprint density at radius 1 is 0.286 bits per heavy atom. The molecule has 0 aliphatic heterocycles. The van der Waals surface area contributed by atoms with Gasteiger partial charge < -0.3 is 15.3 Å². The Kier molecular flexibility index (Phi) is 15.6. The minimum Gasteiger partial charge on any atom is -0.507 e. The van der Waals surface area contributed by atoms with E-state index >= 15 is 0 Å². The van der Waals surface area contributed by atoms with E-state index in [1.807, 2.05) is 0 Å². The summed E-state index contributed by atoms with van der Waals surface area (Å²) >= 11 is 0. The Morgan fingerprint density at radius 3 is 0.469 bits per heavy atom. The predicted octanol–water partition coefficient (Wildman–Crippen LogP) is 12.9. The quantitative estimate of drug-likeness (QED) is 0.214. The monoisotopic (exact) mass is 749 g/mol. The molecule has 4 heteroatoms. The van der Waals surface area contributed by atoms with E-state index in [1.54, 1.807) is 0 Å². The van der Waals surface area contributed by atoms with Crippen LogP contribution in [0.1, 0.15) is 175 Å². The summed E-state index contributed by atoms with van der Waals surface area (Å²) in [5.41, 5.74) is 9.78. The number of benzene rings is 3. The zero-order chi connectivity index (χ0) is 38.2. The first kappa shape index (κ1) is 47.2. The third-order valence-electron chi connectivity index (χ3n) is 8.61. The normalized spacial score (nSPS) is 12.7. The Hall–Kier alpha value is -1.84. The molecular formula is C45H72O3Y. The molecule has 0 atom stereocenters. The largest absolute Gasteiger partial charge is 0.507 e. The number of aromatic hydroxyl groups is 3. The Morgan fingerprint density at radius 2 is 0.388 bits per heavy atom. The van der Waals surface area contributed by atoms with E-state index in [0.29, 0.717) is 17.2 Å². The fraction of sp³-hybridized carbons (Fsp3) is 0.600. The van der Waals surface area contributed by atoms with Gasteiger partial charge in [0, 0.05) is 32.7 Å². The first-order chi connectivity index (χ1) is 21.1. The molecule has 0 aromatic heterocycles. The van der Waals surface area contributed by atoms with Crippen LogP contribution in [-0.2, 0) is 65.2 Å². The SMILES string of the molecule is Cc1cc(C(C)(C)C)c(O)c(C(C)(C)C)c1.Cc1cc(C(C)(C)C)c(O)c(C(C)(C)C)c1.Cc1cc(C(C)(C)C)c(O)c(C(C)(C)C)c1.[Y]. The van der Waals surface area contributed by atoms with E-state index in [4.69, 9.17) is 0 Å². The van der Waals surface area contributed by atoms with Crippen molar-refractivity contribution in [3.05, 3.63) is 86.5 Å². The van der Waals surface area contributed by atoms with Crippen molar-refractivity contribution in [2.24, 2.45) is 0 Å². The van der Waals surface area contributed by atoms with Gasteiger partial charge in [-0.3, -0.25) is 0 Å². The van der Waals surface area contributed by atoms with Crippen molar-refractivity contribution in [2.75, 3.05) is 0 Å².